The molecule has 2 N–H and O–H groups in total. The smallest absolute Gasteiger partial charge is 0.315 e. The van der Waals surface area contributed by atoms with Crippen molar-refractivity contribution in [2.45, 2.75) is 31.8 Å². The van der Waals surface area contributed by atoms with Crippen LogP contribution in [0.5, 0.6) is 0 Å². The van der Waals surface area contributed by atoms with E-state index in [1.54, 1.807) is 0 Å². The van der Waals surface area contributed by atoms with Gasteiger partial charge >= 0.3 is 6.03 Å². The minimum absolute atomic E-state index is 0.0609. The first-order valence-electron chi connectivity index (χ1n) is 7.69. The largest absolute Gasteiger partial charge is 0.334 e. The van der Waals surface area contributed by atoms with Crippen LogP contribution in [0.4, 0.5) is 4.79 Å². The molecule has 0 aliphatic carbocycles. The summed E-state index contributed by atoms with van der Waals surface area (Å²) in [6.45, 7) is 0.920. The molecular weight excluding hydrogens is 290 g/mol. The van der Waals surface area contributed by atoms with E-state index in [1.807, 2.05) is 18.2 Å². The average Bonchev–Trinajstić information content (AvgIpc) is 2.96. The van der Waals surface area contributed by atoms with Gasteiger partial charge in [-0.05, 0) is 12.0 Å². The Balaban J connectivity index is 1.67. The van der Waals surface area contributed by atoms with E-state index < -0.39 is 0 Å². The van der Waals surface area contributed by atoms with Crippen LogP contribution in [0, 0.1) is 12.3 Å². The third-order valence-electron chi connectivity index (χ3n) is 3.91. The van der Waals surface area contributed by atoms with Crippen molar-refractivity contribution in [3.63, 3.8) is 0 Å². The van der Waals surface area contributed by atoms with Gasteiger partial charge < -0.3 is 15.2 Å². The maximum absolute atomic E-state index is 11.7. The first-order chi connectivity index (χ1) is 11.3. The maximum atomic E-state index is 11.7. The molecule has 6 nitrogen and oxygen atoms in total. The summed E-state index contributed by atoms with van der Waals surface area (Å²) >= 11 is 0. The summed E-state index contributed by atoms with van der Waals surface area (Å²) in [5.41, 5.74) is 1.20. The number of nitrogens with one attached hydrogen (secondary N) is 2. The number of benzene rings is 1. The maximum Gasteiger partial charge on any atom is 0.315 e. The van der Waals surface area contributed by atoms with Gasteiger partial charge in [-0.1, -0.05) is 36.3 Å². The lowest BCUT2D eigenvalue weighted by atomic mass is 10.1. The van der Waals surface area contributed by atoms with Crippen LogP contribution in [-0.2, 0) is 19.4 Å². The Morgan fingerprint density at radius 1 is 1.35 bits per heavy atom. The third-order valence-corrected chi connectivity index (χ3v) is 3.91. The second-order valence-electron chi connectivity index (χ2n) is 5.57. The van der Waals surface area contributed by atoms with Crippen molar-refractivity contribution in [1.29, 1.82) is 0 Å². The molecule has 1 aromatic carbocycles. The van der Waals surface area contributed by atoms with Gasteiger partial charge in [0.1, 0.15) is 11.6 Å². The lowest BCUT2D eigenvalue weighted by Crippen LogP contribution is -2.46. The molecular formula is C17H19N5O. The molecule has 0 unspecified atom stereocenters. The topological polar surface area (TPSA) is 71.8 Å². The Bertz CT molecular complexity index is 716. The SMILES string of the molecule is C#CCNC(=O)N[C@@H]1CCc2nnc(Cc3ccccc3)n2C1. The molecule has 0 fully saturated rings. The number of aryl methyl sites for hydroxylation is 1. The zero-order valence-corrected chi connectivity index (χ0v) is 12.8. The Kier molecular flexibility index (Phi) is 4.57. The third kappa shape index (κ3) is 3.69. The van der Waals surface area contributed by atoms with Gasteiger partial charge in [-0.3, -0.25) is 0 Å². The highest BCUT2D eigenvalue weighted by molar-refractivity contribution is 5.74. The second-order valence-corrected chi connectivity index (χ2v) is 5.57. The van der Waals surface area contributed by atoms with E-state index in [0.29, 0.717) is 6.54 Å². The predicted octanol–water partition coefficient (Wildman–Crippen LogP) is 1.12. The lowest BCUT2D eigenvalue weighted by molar-refractivity contribution is 0.233. The number of hydrogen-bond acceptors (Lipinski definition) is 3. The summed E-state index contributed by atoms with van der Waals surface area (Å²) in [5.74, 6) is 4.30. The van der Waals surface area contributed by atoms with Crippen molar-refractivity contribution in [2.75, 3.05) is 6.54 Å². The van der Waals surface area contributed by atoms with Crippen LogP contribution in [0.15, 0.2) is 30.3 Å². The summed E-state index contributed by atoms with van der Waals surface area (Å²) in [6.07, 6.45) is 7.54. The normalized spacial score (nSPS) is 16.2. The minimum Gasteiger partial charge on any atom is -0.334 e. The second kappa shape index (κ2) is 6.97. The van der Waals surface area contributed by atoms with Gasteiger partial charge in [0.15, 0.2) is 0 Å². The summed E-state index contributed by atoms with van der Waals surface area (Å²) in [4.78, 5) is 11.7. The first kappa shape index (κ1) is 15.1. The quantitative estimate of drug-likeness (QED) is 0.831. The van der Waals surface area contributed by atoms with Crippen LogP contribution >= 0.6 is 0 Å². The zero-order chi connectivity index (χ0) is 16.1. The molecule has 6 heteroatoms. The minimum atomic E-state index is -0.228. The lowest BCUT2D eigenvalue weighted by Gasteiger charge is -2.25. The highest BCUT2D eigenvalue weighted by Crippen LogP contribution is 2.17. The summed E-state index contributed by atoms with van der Waals surface area (Å²) < 4.78 is 2.11. The van der Waals surface area contributed by atoms with Crippen LogP contribution in [0.3, 0.4) is 0 Å². The van der Waals surface area contributed by atoms with Gasteiger partial charge in [0, 0.05) is 25.4 Å². The fourth-order valence-corrected chi connectivity index (χ4v) is 2.78. The molecule has 3 rings (SSSR count). The molecule has 2 aromatic rings. The van der Waals surface area contributed by atoms with Crippen LogP contribution in [0.1, 0.15) is 23.6 Å². The van der Waals surface area contributed by atoms with E-state index in [-0.39, 0.29) is 18.6 Å². The standard InChI is InChI=1S/C17H19N5O/c1-2-10-18-17(23)19-14-8-9-15-20-21-16(22(15)12-14)11-13-6-4-3-5-7-13/h1,3-7,14H,8-12H2,(H2,18,19,23)/t14-/m1/s1. The van der Waals surface area contributed by atoms with E-state index in [9.17, 15) is 4.79 Å². The number of carbonyl (C=O) groups excluding carboxylic acids is 1. The van der Waals surface area contributed by atoms with Gasteiger partial charge in [-0.25, -0.2) is 4.79 Å². The number of carbonyl (C=O) groups is 1. The first-order valence-corrected chi connectivity index (χ1v) is 7.69. The van der Waals surface area contributed by atoms with Crippen LogP contribution < -0.4 is 10.6 Å². The summed E-state index contributed by atoms with van der Waals surface area (Å²) in [6, 6.07) is 10.0. The van der Waals surface area contributed by atoms with Crippen molar-refractivity contribution >= 4 is 6.03 Å². The Morgan fingerprint density at radius 2 is 2.17 bits per heavy atom. The number of urea groups is 1. The average molecular weight is 309 g/mol. The van der Waals surface area contributed by atoms with Gasteiger partial charge in [0.25, 0.3) is 0 Å². The van der Waals surface area contributed by atoms with E-state index in [2.05, 4.69) is 43.5 Å². The number of fused-ring (bicyclic) bond motifs is 1. The molecule has 2 amide bonds. The van der Waals surface area contributed by atoms with E-state index in [0.717, 1.165) is 30.9 Å². The number of hydrogen-bond donors (Lipinski definition) is 2. The molecule has 2 heterocycles. The van der Waals surface area contributed by atoms with E-state index in [4.69, 9.17) is 6.42 Å². The molecule has 1 aromatic heterocycles. The van der Waals surface area contributed by atoms with Gasteiger partial charge in [-0.2, -0.15) is 0 Å². The molecule has 0 bridgehead atoms. The van der Waals surface area contributed by atoms with Crippen molar-refractivity contribution in [3.05, 3.63) is 47.5 Å². The molecule has 0 spiro atoms. The molecule has 1 aliphatic heterocycles. The van der Waals surface area contributed by atoms with Crippen molar-refractivity contribution in [1.82, 2.24) is 25.4 Å². The van der Waals surface area contributed by atoms with Crippen molar-refractivity contribution in [2.24, 2.45) is 0 Å². The van der Waals surface area contributed by atoms with Crippen LogP contribution in [0.25, 0.3) is 0 Å². The number of terminal acetylenes is 1. The van der Waals surface area contributed by atoms with Crippen LogP contribution in [-0.4, -0.2) is 33.4 Å². The molecule has 118 valence electrons. The fourth-order valence-electron chi connectivity index (χ4n) is 2.78. The molecule has 23 heavy (non-hydrogen) atoms. The Labute approximate surface area is 135 Å². The molecule has 1 aliphatic rings. The van der Waals surface area contributed by atoms with Crippen molar-refractivity contribution < 1.29 is 4.79 Å². The van der Waals surface area contributed by atoms with E-state index >= 15 is 0 Å². The van der Waals surface area contributed by atoms with Gasteiger partial charge in [0.05, 0.1) is 6.54 Å². The monoisotopic (exact) mass is 309 g/mol. The summed E-state index contributed by atoms with van der Waals surface area (Å²) in [7, 11) is 0. The molecule has 0 saturated carbocycles. The predicted molar refractivity (Wildman–Crippen MR) is 86.7 cm³/mol. The number of amides is 2. The molecule has 1 atom stereocenters. The molecule has 0 saturated heterocycles. The Morgan fingerprint density at radius 3 is 2.96 bits per heavy atom. The number of rotatable bonds is 4. The highest BCUT2D eigenvalue weighted by atomic mass is 16.2. The Hall–Kier alpha value is -2.81. The van der Waals surface area contributed by atoms with Gasteiger partial charge in [0.2, 0.25) is 0 Å². The zero-order valence-electron chi connectivity index (χ0n) is 12.8. The number of nitrogens with zero attached hydrogens (tertiary/aromatic N) is 3. The van der Waals surface area contributed by atoms with Crippen LogP contribution in [0.2, 0.25) is 0 Å². The van der Waals surface area contributed by atoms with Crippen molar-refractivity contribution in [3.8, 4) is 12.3 Å². The fraction of sp³-hybridized carbons (Fsp3) is 0.353. The highest BCUT2D eigenvalue weighted by Gasteiger charge is 2.23. The summed E-state index contributed by atoms with van der Waals surface area (Å²) in [5, 5.41) is 14.2. The molecule has 0 radical (unpaired) electrons. The van der Waals surface area contributed by atoms with E-state index in [1.165, 1.54) is 5.56 Å². The van der Waals surface area contributed by atoms with Gasteiger partial charge in [-0.15, -0.1) is 16.6 Å². The number of aromatic nitrogens is 3.